The largest absolute Gasteiger partial charge is 0.416 e. The molecule has 7 nitrogen and oxygen atoms in total. The molecular weight excluding hydrogens is 650 g/mol. The van der Waals surface area contributed by atoms with Gasteiger partial charge in [-0.15, -0.1) is 0 Å². The molecule has 1 atom stereocenters. The Labute approximate surface area is 263 Å². The van der Waals surface area contributed by atoms with Crippen molar-refractivity contribution in [3.8, 4) is 0 Å². The zero-order valence-corrected chi connectivity index (χ0v) is 26.6. The molecule has 3 aromatic carbocycles. The average molecular weight is 679 g/mol. The van der Waals surface area contributed by atoms with Crippen LogP contribution in [0.15, 0.2) is 71.6 Å². The summed E-state index contributed by atoms with van der Waals surface area (Å²) < 4.78 is 69.2. The number of benzene rings is 3. The van der Waals surface area contributed by atoms with Crippen LogP contribution < -0.4 is 9.62 Å². The Morgan fingerprint density at radius 2 is 1.47 bits per heavy atom. The summed E-state index contributed by atoms with van der Waals surface area (Å²) in [5, 5.41) is 2.79. The first-order valence-corrected chi connectivity index (χ1v) is 15.4. The van der Waals surface area contributed by atoms with E-state index in [0.717, 1.165) is 11.0 Å². The van der Waals surface area contributed by atoms with Gasteiger partial charge in [-0.25, -0.2) is 8.42 Å². The van der Waals surface area contributed by atoms with Gasteiger partial charge < -0.3 is 10.2 Å². The summed E-state index contributed by atoms with van der Waals surface area (Å²) in [7, 11) is -4.65. The summed E-state index contributed by atoms with van der Waals surface area (Å²) in [4.78, 5) is 28.0. The molecule has 3 aromatic rings. The number of alkyl halides is 3. The van der Waals surface area contributed by atoms with Gasteiger partial charge in [-0.1, -0.05) is 59.1 Å². The van der Waals surface area contributed by atoms with E-state index in [4.69, 9.17) is 34.8 Å². The molecule has 2 amide bonds. The lowest BCUT2D eigenvalue weighted by molar-refractivity contribution is -0.140. The highest BCUT2D eigenvalue weighted by Crippen LogP contribution is 2.37. The molecule has 3 rings (SSSR count). The number of carbonyl (C=O) groups is 2. The molecule has 14 heteroatoms. The standard InChI is InChI=1S/C29H29Cl3F3N3O4S/c1-18(27(40)36-28(2,3)4)37(16-21-22(30)11-8-12-23(21)31)26(39)17-38(43(41,42)20-9-6-5-7-10-20)25-15-19(29(33,34)35)13-14-24(25)32/h5-15,18H,16-17H2,1-4H3,(H,36,40)/t18-/m0/s1. The second kappa shape index (κ2) is 13.3. The van der Waals surface area contributed by atoms with E-state index in [1.807, 2.05) is 0 Å². The third kappa shape index (κ3) is 8.56. The molecule has 0 aliphatic heterocycles. The molecule has 0 aromatic heterocycles. The highest BCUT2D eigenvalue weighted by Gasteiger charge is 2.37. The number of amides is 2. The highest BCUT2D eigenvalue weighted by molar-refractivity contribution is 7.92. The molecule has 0 heterocycles. The van der Waals surface area contributed by atoms with Crippen molar-refractivity contribution in [3.05, 3.63) is 92.9 Å². The van der Waals surface area contributed by atoms with Crippen molar-refractivity contribution in [3.63, 3.8) is 0 Å². The van der Waals surface area contributed by atoms with Crippen molar-refractivity contribution >= 4 is 62.3 Å². The van der Waals surface area contributed by atoms with E-state index < -0.39 is 57.4 Å². The maximum absolute atomic E-state index is 14.0. The van der Waals surface area contributed by atoms with Gasteiger partial charge in [0.1, 0.15) is 12.6 Å². The topological polar surface area (TPSA) is 86.8 Å². The van der Waals surface area contributed by atoms with E-state index in [0.29, 0.717) is 16.4 Å². The molecule has 43 heavy (non-hydrogen) atoms. The molecule has 232 valence electrons. The molecule has 0 aliphatic rings. The van der Waals surface area contributed by atoms with Crippen molar-refractivity contribution in [2.45, 2.75) is 56.9 Å². The maximum Gasteiger partial charge on any atom is 0.416 e. The van der Waals surface area contributed by atoms with Gasteiger partial charge in [0.25, 0.3) is 10.0 Å². The van der Waals surface area contributed by atoms with Gasteiger partial charge >= 0.3 is 6.18 Å². The minimum atomic E-state index is -4.84. The number of nitrogens with zero attached hydrogens (tertiary/aromatic N) is 2. The van der Waals surface area contributed by atoms with E-state index in [-0.39, 0.29) is 32.1 Å². The first kappa shape index (κ1) is 34.5. The average Bonchev–Trinajstić information content (AvgIpc) is 2.90. The number of anilines is 1. The zero-order valence-electron chi connectivity index (χ0n) is 23.5. The number of rotatable bonds is 9. The zero-order chi connectivity index (χ0) is 32.3. The molecule has 0 fully saturated rings. The van der Waals surface area contributed by atoms with E-state index in [1.165, 1.54) is 43.3 Å². The molecule has 0 saturated carbocycles. The molecule has 0 aliphatic carbocycles. The van der Waals surface area contributed by atoms with Gasteiger partial charge in [-0.05, 0) is 70.2 Å². The van der Waals surface area contributed by atoms with Crippen LogP contribution in [0.4, 0.5) is 18.9 Å². The van der Waals surface area contributed by atoms with E-state index >= 15 is 0 Å². The number of halogens is 6. The molecule has 0 unspecified atom stereocenters. The normalized spacial score (nSPS) is 12.9. The minimum absolute atomic E-state index is 0.184. The lowest BCUT2D eigenvalue weighted by Gasteiger charge is -2.34. The fraction of sp³-hybridized carbons (Fsp3) is 0.310. The third-order valence-corrected chi connectivity index (χ3v) is 9.01. The summed E-state index contributed by atoms with van der Waals surface area (Å²) in [5.41, 5.74) is -2.15. The lowest BCUT2D eigenvalue weighted by Crippen LogP contribution is -2.54. The fourth-order valence-corrected chi connectivity index (χ4v) is 6.26. The van der Waals surface area contributed by atoms with Crippen LogP contribution in [0.1, 0.15) is 38.8 Å². The van der Waals surface area contributed by atoms with Crippen LogP contribution in [0.25, 0.3) is 0 Å². The van der Waals surface area contributed by atoms with Gasteiger partial charge in [-0.3, -0.25) is 13.9 Å². The Bertz CT molecular complexity index is 1580. The van der Waals surface area contributed by atoms with Gasteiger partial charge in [0, 0.05) is 27.7 Å². The minimum Gasteiger partial charge on any atom is -0.350 e. The van der Waals surface area contributed by atoms with Crippen LogP contribution in [-0.4, -0.2) is 43.3 Å². The summed E-state index contributed by atoms with van der Waals surface area (Å²) in [6.45, 7) is 5.31. The van der Waals surface area contributed by atoms with Crippen LogP contribution >= 0.6 is 34.8 Å². The Morgan fingerprint density at radius 3 is 2.00 bits per heavy atom. The Kier molecular flexibility index (Phi) is 10.7. The van der Waals surface area contributed by atoms with Crippen LogP contribution in [0.5, 0.6) is 0 Å². The molecule has 0 radical (unpaired) electrons. The smallest absolute Gasteiger partial charge is 0.350 e. The number of carbonyl (C=O) groups excluding carboxylic acids is 2. The molecule has 0 bridgehead atoms. The van der Waals surface area contributed by atoms with Crippen LogP contribution in [-0.2, 0) is 32.3 Å². The van der Waals surface area contributed by atoms with Gasteiger partial charge in [-0.2, -0.15) is 13.2 Å². The number of nitrogens with one attached hydrogen (secondary N) is 1. The summed E-state index contributed by atoms with van der Waals surface area (Å²) >= 11 is 19.0. The first-order chi connectivity index (χ1) is 19.8. The summed E-state index contributed by atoms with van der Waals surface area (Å²) in [6, 6.07) is 12.5. The molecule has 1 N–H and O–H groups in total. The predicted octanol–water partition coefficient (Wildman–Crippen LogP) is 7.19. The van der Waals surface area contributed by atoms with Crippen molar-refractivity contribution in [1.82, 2.24) is 10.2 Å². The van der Waals surface area contributed by atoms with Crippen LogP contribution in [0, 0.1) is 0 Å². The summed E-state index contributed by atoms with van der Waals surface area (Å²) in [5.74, 6) is -1.50. The van der Waals surface area contributed by atoms with Crippen molar-refractivity contribution in [2.75, 3.05) is 10.8 Å². The van der Waals surface area contributed by atoms with Crippen molar-refractivity contribution in [1.29, 1.82) is 0 Å². The number of sulfonamides is 1. The Morgan fingerprint density at radius 1 is 0.884 bits per heavy atom. The molecular formula is C29H29Cl3F3N3O4S. The Hall–Kier alpha value is -2.99. The fourth-order valence-electron chi connectivity index (χ4n) is 4.02. The summed E-state index contributed by atoms with van der Waals surface area (Å²) in [6.07, 6.45) is -4.84. The van der Waals surface area contributed by atoms with Gasteiger partial charge in [0.2, 0.25) is 11.8 Å². The first-order valence-electron chi connectivity index (χ1n) is 12.8. The van der Waals surface area contributed by atoms with Crippen molar-refractivity contribution < 1.29 is 31.2 Å². The monoisotopic (exact) mass is 677 g/mol. The quantitative estimate of drug-likeness (QED) is 0.260. The van der Waals surface area contributed by atoms with E-state index in [9.17, 15) is 31.2 Å². The highest BCUT2D eigenvalue weighted by atomic mass is 35.5. The second-order valence-corrected chi connectivity index (χ2v) is 13.7. The molecule has 0 spiro atoms. The van der Waals surface area contributed by atoms with Gasteiger partial charge in [0.15, 0.2) is 0 Å². The molecule has 0 saturated heterocycles. The van der Waals surface area contributed by atoms with Crippen molar-refractivity contribution in [2.24, 2.45) is 0 Å². The van der Waals surface area contributed by atoms with Crippen LogP contribution in [0.2, 0.25) is 15.1 Å². The van der Waals surface area contributed by atoms with E-state index in [2.05, 4.69) is 5.32 Å². The predicted molar refractivity (Wildman–Crippen MR) is 162 cm³/mol. The lowest BCUT2D eigenvalue weighted by atomic mass is 10.1. The second-order valence-electron chi connectivity index (χ2n) is 10.6. The number of hydrogen-bond acceptors (Lipinski definition) is 4. The number of hydrogen-bond donors (Lipinski definition) is 1. The van der Waals surface area contributed by atoms with E-state index in [1.54, 1.807) is 32.9 Å². The van der Waals surface area contributed by atoms with Crippen LogP contribution in [0.3, 0.4) is 0 Å². The van der Waals surface area contributed by atoms with Gasteiger partial charge in [0.05, 0.1) is 21.2 Å². The SMILES string of the molecule is C[C@@H](C(=O)NC(C)(C)C)N(Cc1c(Cl)cccc1Cl)C(=O)CN(c1cc(C(F)(F)F)ccc1Cl)S(=O)(=O)c1ccccc1. The Balaban J connectivity index is 2.17. The third-order valence-electron chi connectivity index (χ3n) is 6.21. The maximum atomic E-state index is 14.0.